The molecule has 1 fully saturated rings. The SMILES string of the molecule is NC(=O)CN1CCOC[C@](O)(CNC(=O)c2cscn2)C1. The number of amides is 2. The van der Waals surface area contributed by atoms with Crippen molar-refractivity contribution >= 4 is 23.2 Å². The number of hydrogen-bond donors (Lipinski definition) is 3. The molecule has 1 atom stereocenters. The highest BCUT2D eigenvalue weighted by atomic mass is 32.1. The zero-order valence-corrected chi connectivity index (χ0v) is 12.3. The first-order valence-corrected chi connectivity index (χ1v) is 7.40. The summed E-state index contributed by atoms with van der Waals surface area (Å²) in [6.45, 7) is 1.25. The van der Waals surface area contributed by atoms with Gasteiger partial charge in [0, 0.05) is 18.5 Å². The fraction of sp³-hybridized carbons (Fsp3) is 0.583. The van der Waals surface area contributed by atoms with Gasteiger partial charge in [0.05, 0.1) is 31.8 Å². The molecular formula is C12H18N4O4S. The maximum Gasteiger partial charge on any atom is 0.270 e. The summed E-state index contributed by atoms with van der Waals surface area (Å²) < 4.78 is 5.34. The molecule has 1 aliphatic heterocycles. The Morgan fingerprint density at radius 2 is 2.43 bits per heavy atom. The Labute approximate surface area is 125 Å². The second kappa shape index (κ2) is 6.94. The number of hydrogen-bond acceptors (Lipinski definition) is 7. The minimum absolute atomic E-state index is 0.0125. The lowest BCUT2D eigenvalue weighted by Gasteiger charge is -2.30. The summed E-state index contributed by atoms with van der Waals surface area (Å²) in [6, 6.07) is 0. The van der Waals surface area contributed by atoms with E-state index in [1.54, 1.807) is 15.8 Å². The van der Waals surface area contributed by atoms with Gasteiger partial charge in [-0.05, 0) is 0 Å². The lowest BCUT2D eigenvalue weighted by molar-refractivity contribution is -0.119. The van der Waals surface area contributed by atoms with Gasteiger partial charge in [-0.1, -0.05) is 0 Å². The van der Waals surface area contributed by atoms with Crippen LogP contribution in [0.4, 0.5) is 0 Å². The smallest absolute Gasteiger partial charge is 0.270 e. The Morgan fingerprint density at radius 3 is 3.10 bits per heavy atom. The second-order valence-electron chi connectivity index (χ2n) is 5.01. The predicted molar refractivity (Wildman–Crippen MR) is 75.9 cm³/mol. The highest BCUT2D eigenvalue weighted by molar-refractivity contribution is 7.07. The first-order valence-electron chi connectivity index (χ1n) is 6.46. The van der Waals surface area contributed by atoms with Crippen molar-refractivity contribution in [2.75, 3.05) is 39.4 Å². The zero-order chi connectivity index (χ0) is 15.3. The number of primary amides is 1. The third-order valence-electron chi connectivity index (χ3n) is 3.06. The van der Waals surface area contributed by atoms with Gasteiger partial charge < -0.3 is 20.9 Å². The van der Waals surface area contributed by atoms with Gasteiger partial charge in [0.25, 0.3) is 5.91 Å². The average molecular weight is 314 g/mol. The zero-order valence-electron chi connectivity index (χ0n) is 11.4. The minimum atomic E-state index is -1.27. The van der Waals surface area contributed by atoms with Crippen molar-refractivity contribution < 1.29 is 19.4 Å². The van der Waals surface area contributed by atoms with E-state index in [0.717, 1.165) is 0 Å². The van der Waals surface area contributed by atoms with Crippen LogP contribution >= 0.6 is 11.3 Å². The molecule has 0 radical (unpaired) electrons. The number of rotatable bonds is 5. The van der Waals surface area contributed by atoms with Crippen molar-refractivity contribution in [1.82, 2.24) is 15.2 Å². The molecule has 0 bridgehead atoms. The standard InChI is InChI=1S/C12H18N4O4S/c13-10(17)3-16-1-2-20-7-12(19,6-16)5-14-11(18)9-4-21-8-15-9/h4,8,19H,1-3,5-7H2,(H2,13,17)(H,14,18)/t12-/m0/s1. The molecular weight excluding hydrogens is 296 g/mol. The Hall–Kier alpha value is -1.55. The van der Waals surface area contributed by atoms with Gasteiger partial charge in [-0.25, -0.2) is 4.98 Å². The molecule has 21 heavy (non-hydrogen) atoms. The number of nitrogens with one attached hydrogen (secondary N) is 1. The van der Waals surface area contributed by atoms with E-state index < -0.39 is 11.5 Å². The molecule has 1 aliphatic rings. The lowest BCUT2D eigenvalue weighted by atomic mass is 10.0. The van der Waals surface area contributed by atoms with Crippen molar-refractivity contribution in [2.24, 2.45) is 5.73 Å². The predicted octanol–water partition coefficient (Wildman–Crippen LogP) is -1.58. The molecule has 4 N–H and O–H groups in total. The number of carbonyl (C=O) groups is 2. The van der Waals surface area contributed by atoms with Gasteiger partial charge in [0.2, 0.25) is 5.91 Å². The van der Waals surface area contributed by atoms with Crippen LogP contribution in [0.25, 0.3) is 0 Å². The topological polar surface area (TPSA) is 118 Å². The Morgan fingerprint density at radius 1 is 1.62 bits per heavy atom. The fourth-order valence-electron chi connectivity index (χ4n) is 2.12. The van der Waals surface area contributed by atoms with Crippen LogP contribution in [0.15, 0.2) is 10.9 Å². The molecule has 116 valence electrons. The summed E-state index contributed by atoms with van der Waals surface area (Å²) in [5.74, 6) is -0.818. The van der Waals surface area contributed by atoms with Crippen LogP contribution in [-0.4, -0.2) is 71.8 Å². The van der Waals surface area contributed by atoms with Crippen LogP contribution in [0.2, 0.25) is 0 Å². The molecule has 0 saturated carbocycles. The average Bonchev–Trinajstić information content (AvgIpc) is 2.88. The fourth-order valence-corrected chi connectivity index (χ4v) is 2.65. The molecule has 1 aromatic heterocycles. The summed E-state index contributed by atoms with van der Waals surface area (Å²) in [5, 5.41) is 14.8. The summed E-state index contributed by atoms with van der Waals surface area (Å²) >= 11 is 1.32. The third-order valence-corrected chi connectivity index (χ3v) is 3.65. The van der Waals surface area contributed by atoms with Crippen LogP contribution in [-0.2, 0) is 9.53 Å². The van der Waals surface area contributed by atoms with Gasteiger partial charge in [0.1, 0.15) is 11.3 Å². The number of aromatic nitrogens is 1. The monoisotopic (exact) mass is 314 g/mol. The van der Waals surface area contributed by atoms with E-state index >= 15 is 0 Å². The first kappa shape index (κ1) is 15.8. The Bertz CT molecular complexity index is 495. The van der Waals surface area contributed by atoms with Crippen molar-refractivity contribution in [3.63, 3.8) is 0 Å². The van der Waals surface area contributed by atoms with E-state index in [-0.39, 0.29) is 32.1 Å². The van der Waals surface area contributed by atoms with Crippen LogP contribution in [0.1, 0.15) is 10.5 Å². The maximum atomic E-state index is 11.8. The van der Waals surface area contributed by atoms with Crippen LogP contribution in [0.5, 0.6) is 0 Å². The summed E-state index contributed by atoms with van der Waals surface area (Å²) in [6.07, 6.45) is 0. The van der Waals surface area contributed by atoms with Crippen molar-refractivity contribution in [3.8, 4) is 0 Å². The molecule has 2 rings (SSSR count). The van der Waals surface area contributed by atoms with Gasteiger partial charge >= 0.3 is 0 Å². The van der Waals surface area contributed by atoms with Gasteiger partial charge in [-0.2, -0.15) is 0 Å². The molecule has 0 unspecified atom stereocenters. The lowest BCUT2D eigenvalue weighted by Crippen LogP contribution is -2.53. The molecule has 9 heteroatoms. The summed E-state index contributed by atoms with van der Waals surface area (Å²) in [5.41, 5.74) is 5.78. The number of ether oxygens (including phenoxy) is 1. The largest absolute Gasteiger partial charge is 0.384 e. The number of thiazole rings is 1. The number of nitrogens with zero attached hydrogens (tertiary/aromatic N) is 2. The van der Waals surface area contributed by atoms with Crippen LogP contribution < -0.4 is 11.1 Å². The van der Waals surface area contributed by atoms with Gasteiger partial charge in [-0.15, -0.1) is 11.3 Å². The van der Waals surface area contributed by atoms with E-state index in [1.165, 1.54) is 11.3 Å². The van der Waals surface area contributed by atoms with Crippen LogP contribution in [0.3, 0.4) is 0 Å². The normalized spacial score (nSPS) is 23.5. The second-order valence-corrected chi connectivity index (χ2v) is 5.73. The highest BCUT2D eigenvalue weighted by Crippen LogP contribution is 2.12. The van der Waals surface area contributed by atoms with E-state index in [4.69, 9.17) is 10.5 Å². The van der Waals surface area contributed by atoms with Crippen LogP contribution in [0, 0.1) is 0 Å². The summed E-state index contributed by atoms with van der Waals surface area (Å²) in [7, 11) is 0. The molecule has 0 spiro atoms. The quantitative estimate of drug-likeness (QED) is 0.604. The molecule has 1 saturated heterocycles. The number of aliphatic hydroxyl groups is 1. The molecule has 1 aromatic rings. The molecule has 2 amide bonds. The van der Waals surface area contributed by atoms with Crippen molar-refractivity contribution in [3.05, 3.63) is 16.6 Å². The maximum absolute atomic E-state index is 11.8. The number of β-amino-alcohol motifs (C(OH)–C–C–N with tert-alkyl or cyclic N) is 1. The highest BCUT2D eigenvalue weighted by Gasteiger charge is 2.33. The minimum Gasteiger partial charge on any atom is -0.384 e. The Kier molecular flexibility index (Phi) is 5.23. The number of nitrogens with two attached hydrogens (primary N) is 1. The number of carbonyl (C=O) groups excluding carboxylic acids is 2. The van der Waals surface area contributed by atoms with E-state index in [0.29, 0.717) is 18.8 Å². The van der Waals surface area contributed by atoms with E-state index in [1.807, 2.05) is 0 Å². The molecule has 8 nitrogen and oxygen atoms in total. The molecule has 2 heterocycles. The Balaban J connectivity index is 1.92. The van der Waals surface area contributed by atoms with E-state index in [9.17, 15) is 14.7 Å². The van der Waals surface area contributed by atoms with Gasteiger partial charge in [0.15, 0.2) is 0 Å². The summed E-state index contributed by atoms with van der Waals surface area (Å²) in [4.78, 5) is 28.4. The molecule has 0 aliphatic carbocycles. The first-order chi connectivity index (χ1) is 9.98. The van der Waals surface area contributed by atoms with Crippen molar-refractivity contribution in [2.45, 2.75) is 5.60 Å². The molecule has 0 aromatic carbocycles. The third kappa shape index (κ3) is 4.74. The van der Waals surface area contributed by atoms with Gasteiger partial charge in [-0.3, -0.25) is 14.5 Å². The van der Waals surface area contributed by atoms with Crippen molar-refractivity contribution in [1.29, 1.82) is 0 Å². The van der Waals surface area contributed by atoms with E-state index in [2.05, 4.69) is 10.3 Å².